The summed E-state index contributed by atoms with van der Waals surface area (Å²) in [4.78, 5) is 0.152. The summed E-state index contributed by atoms with van der Waals surface area (Å²) >= 11 is 0. The summed E-state index contributed by atoms with van der Waals surface area (Å²) in [5.74, 6) is 2.08. The Morgan fingerprint density at radius 1 is 0.600 bits per heavy atom. The lowest BCUT2D eigenvalue weighted by atomic mass is 10.0. The maximum Gasteiger partial charge on any atom is 0.203 e. The van der Waals surface area contributed by atoms with Gasteiger partial charge in [0.15, 0.2) is 32.8 Å². The van der Waals surface area contributed by atoms with Crippen LogP contribution >= 0.6 is 0 Å². The number of hydrogen-bond donors (Lipinski definition) is 0. The summed E-state index contributed by atoms with van der Waals surface area (Å²) in [7, 11) is 4.88. The van der Waals surface area contributed by atoms with Crippen LogP contribution in [0.2, 0.25) is 0 Å². The lowest BCUT2D eigenvalue weighted by Crippen LogP contribution is -2.17. The van der Waals surface area contributed by atoms with Crippen molar-refractivity contribution in [2.45, 2.75) is 17.1 Å². The summed E-state index contributed by atoms with van der Waals surface area (Å²) in [5.41, 5.74) is 1.70. The van der Waals surface area contributed by atoms with Gasteiger partial charge in [0.1, 0.15) is 11.0 Å². The van der Waals surface area contributed by atoms with Crippen LogP contribution in [0.3, 0.4) is 0 Å². The molecule has 0 amide bonds. The third kappa shape index (κ3) is 4.95. The molecule has 188 valence electrons. The zero-order chi connectivity index (χ0) is 25.8. The highest BCUT2D eigenvalue weighted by Crippen LogP contribution is 2.48. The van der Waals surface area contributed by atoms with Gasteiger partial charge in [0, 0.05) is 11.6 Å². The monoisotopic (exact) mass is 502 g/mol. The van der Waals surface area contributed by atoms with E-state index in [-0.39, 0.29) is 4.90 Å². The molecule has 0 bridgehead atoms. The molecule has 35 heavy (non-hydrogen) atoms. The fraction of sp³-hybridized carbons (Fsp3) is 0.308. The minimum absolute atomic E-state index is 0.152. The average molecular weight is 503 g/mol. The minimum Gasteiger partial charge on any atom is -0.496 e. The fourth-order valence-electron chi connectivity index (χ4n) is 3.90. The predicted octanol–water partition coefficient (Wildman–Crippen LogP) is 4.61. The fourth-order valence-corrected chi connectivity index (χ4v) is 5.70. The first kappa shape index (κ1) is 26.0. The summed E-state index contributed by atoms with van der Waals surface area (Å²) in [6.07, 6.45) is 0. The molecule has 0 fully saturated rings. The van der Waals surface area contributed by atoms with Crippen LogP contribution in [-0.2, 0) is 9.84 Å². The molecule has 0 saturated carbocycles. The second kappa shape index (κ2) is 10.8. The first-order valence-electron chi connectivity index (χ1n) is 10.7. The molecule has 0 aliphatic carbocycles. The van der Waals surface area contributed by atoms with Crippen molar-refractivity contribution in [3.63, 3.8) is 0 Å². The Morgan fingerprint density at radius 2 is 1.09 bits per heavy atom. The van der Waals surface area contributed by atoms with E-state index in [1.54, 1.807) is 48.5 Å². The molecule has 0 N–H and O–H groups in total. The molecule has 0 aliphatic rings. The smallest absolute Gasteiger partial charge is 0.203 e. The van der Waals surface area contributed by atoms with Gasteiger partial charge in [-0.1, -0.05) is 17.7 Å². The molecule has 1 unspecified atom stereocenters. The number of sulfone groups is 1. The van der Waals surface area contributed by atoms with Gasteiger partial charge in [-0.2, -0.15) is 0 Å². The van der Waals surface area contributed by atoms with Crippen molar-refractivity contribution >= 4 is 9.84 Å². The number of hydrogen-bond acceptors (Lipinski definition) is 8. The minimum atomic E-state index is -4.00. The van der Waals surface area contributed by atoms with E-state index >= 15 is 0 Å². The van der Waals surface area contributed by atoms with Gasteiger partial charge in [0.25, 0.3) is 0 Å². The summed E-state index contributed by atoms with van der Waals surface area (Å²) < 4.78 is 61.3. The SMILES string of the molecule is COc1cc(OC)c(C(c2cc(OC)c(OC)c(OC)c2)S(=O)(=O)c2ccc(C)cc2)cc1OC. The average Bonchev–Trinajstić information content (AvgIpc) is 2.87. The van der Waals surface area contributed by atoms with E-state index in [1.807, 2.05) is 6.92 Å². The van der Waals surface area contributed by atoms with Crippen LogP contribution in [0.1, 0.15) is 21.9 Å². The van der Waals surface area contributed by atoms with Gasteiger partial charge in [-0.3, -0.25) is 0 Å². The van der Waals surface area contributed by atoms with E-state index in [9.17, 15) is 8.42 Å². The normalized spacial score (nSPS) is 12.0. The van der Waals surface area contributed by atoms with Gasteiger partial charge in [-0.15, -0.1) is 0 Å². The van der Waals surface area contributed by atoms with Crippen molar-refractivity contribution in [2.24, 2.45) is 0 Å². The Bertz CT molecular complexity index is 1260. The van der Waals surface area contributed by atoms with Crippen molar-refractivity contribution in [2.75, 3.05) is 42.7 Å². The number of methoxy groups -OCH3 is 6. The molecule has 0 spiro atoms. The molecule has 1 atom stereocenters. The largest absolute Gasteiger partial charge is 0.496 e. The second-order valence-corrected chi connectivity index (χ2v) is 9.68. The van der Waals surface area contributed by atoms with E-state index in [4.69, 9.17) is 28.4 Å². The van der Waals surface area contributed by atoms with Crippen molar-refractivity contribution < 1.29 is 36.8 Å². The first-order valence-corrected chi connectivity index (χ1v) is 12.2. The second-order valence-electron chi connectivity index (χ2n) is 7.65. The standard InChI is InChI=1S/C26H30O8S/c1-16-8-10-18(11-9-16)35(27,28)26(17-12-23(32-5)25(34-7)24(13-17)33-6)19-14-21(30-3)22(31-4)15-20(19)29-2/h8-15,26H,1-7H3. The number of benzene rings is 3. The Kier molecular flexibility index (Phi) is 8.01. The maximum atomic E-state index is 14.2. The highest BCUT2D eigenvalue weighted by atomic mass is 32.2. The van der Waals surface area contributed by atoms with Gasteiger partial charge in [-0.25, -0.2) is 8.42 Å². The highest BCUT2D eigenvalue weighted by Gasteiger charge is 2.36. The van der Waals surface area contributed by atoms with Crippen molar-refractivity contribution in [1.82, 2.24) is 0 Å². The van der Waals surface area contributed by atoms with Crippen molar-refractivity contribution in [1.29, 1.82) is 0 Å². The van der Waals surface area contributed by atoms with E-state index in [0.717, 1.165) is 5.56 Å². The van der Waals surface area contributed by atoms with Crippen LogP contribution in [0.4, 0.5) is 0 Å². The van der Waals surface area contributed by atoms with Crippen LogP contribution in [0.15, 0.2) is 53.4 Å². The summed E-state index contributed by atoms with van der Waals surface area (Å²) in [6.45, 7) is 1.89. The van der Waals surface area contributed by atoms with Gasteiger partial charge in [0.2, 0.25) is 5.75 Å². The lowest BCUT2D eigenvalue weighted by Gasteiger charge is -2.24. The molecule has 3 rings (SSSR count). The van der Waals surface area contributed by atoms with E-state index in [0.29, 0.717) is 45.6 Å². The molecule has 9 heteroatoms. The van der Waals surface area contributed by atoms with E-state index < -0.39 is 15.1 Å². The van der Waals surface area contributed by atoms with Crippen molar-refractivity contribution in [3.05, 3.63) is 65.2 Å². The van der Waals surface area contributed by atoms with Crippen LogP contribution < -0.4 is 28.4 Å². The number of ether oxygens (including phenoxy) is 6. The van der Waals surface area contributed by atoms with E-state index in [2.05, 4.69) is 0 Å². The van der Waals surface area contributed by atoms with Crippen LogP contribution in [0, 0.1) is 6.92 Å². The molecule has 0 aromatic heterocycles. The van der Waals surface area contributed by atoms with Crippen LogP contribution in [0.5, 0.6) is 34.5 Å². The lowest BCUT2D eigenvalue weighted by molar-refractivity contribution is 0.323. The summed E-state index contributed by atoms with van der Waals surface area (Å²) in [5, 5.41) is -1.20. The quantitative estimate of drug-likeness (QED) is 0.397. The maximum absolute atomic E-state index is 14.2. The van der Waals surface area contributed by atoms with Crippen LogP contribution in [0.25, 0.3) is 0 Å². The third-order valence-corrected chi connectivity index (χ3v) is 7.74. The zero-order valence-electron chi connectivity index (χ0n) is 20.9. The van der Waals surface area contributed by atoms with Gasteiger partial charge in [-0.05, 0) is 42.8 Å². The van der Waals surface area contributed by atoms with Crippen LogP contribution in [-0.4, -0.2) is 51.1 Å². The zero-order valence-corrected chi connectivity index (χ0v) is 21.7. The topological polar surface area (TPSA) is 89.5 Å². The Labute approximate surface area is 206 Å². The first-order chi connectivity index (χ1) is 16.7. The molecular weight excluding hydrogens is 472 g/mol. The molecule has 0 radical (unpaired) electrons. The molecular formula is C26H30O8S. The Balaban J connectivity index is 2.41. The van der Waals surface area contributed by atoms with Gasteiger partial charge >= 0.3 is 0 Å². The Morgan fingerprint density at radius 3 is 1.54 bits per heavy atom. The highest BCUT2D eigenvalue weighted by molar-refractivity contribution is 7.92. The molecule has 3 aromatic carbocycles. The van der Waals surface area contributed by atoms with Crippen molar-refractivity contribution in [3.8, 4) is 34.5 Å². The molecule has 0 heterocycles. The number of aryl methyl sites for hydroxylation is 1. The van der Waals surface area contributed by atoms with Gasteiger partial charge < -0.3 is 28.4 Å². The third-order valence-electron chi connectivity index (χ3n) is 5.67. The number of rotatable bonds is 10. The molecule has 8 nitrogen and oxygen atoms in total. The van der Waals surface area contributed by atoms with Gasteiger partial charge in [0.05, 0.1) is 47.6 Å². The molecule has 0 aliphatic heterocycles. The van der Waals surface area contributed by atoms with E-state index in [1.165, 1.54) is 42.7 Å². The summed E-state index contributed by atoms with van der Waals surface area (Å²) in [6, 6.07) is 13.1. The molecule has 3 aromatic rings. The Hall–Kier alpha value is -3.59. The predicted molar refractivity (Wildman–Crippen MR) is 132 cm³/mol. The molecule has 0 saturated heterocycles.